The van der Waals surface area contributed by atoms with Gasteiger partial charge < -0.3 is 0 Å². The molecule has 0 unspecified atom stereocenters. The number of thiophene rings is 1. The molecule has 60 valence electrons. The average Bonchev–Trinajstić information content (AvgIpc) is 2.53. The maximum atomic E-state index is 10.6. The summed E-state index contributed by atoms with van der Waals surface area (Å²) in [5, 5.41) is 3.27. The fourth-order valence-electron chi connectivity index (χ4n) is 1.32. The largest absolute Gasteiger partial charge is 0.298 e. The van der Waals surface area contributed by atoms with Gasteiger partial charge in [-0.05, 0) is 29.3 Å². The SMILES string of the molecule is Cc1c(C=O)ccc2ccsc12. The summed E-state index contributed by atoms with van der Waals surface area (Å²) >= 11 is 1.68. The second-order valence-corrected chi connectivity index (χ2v) is 3.65. The van der Waals surface area contributed by atoms with Crippen LogP contribution in [0.3, 0.4) is 0 Å². The third-order valence-electron chi connectivity index (χ3n) is 2.04. The summed E-state index contributed by atoms with van der Waals surface area (Å²) in [6, 6.07) is 5.93. The van der Waals surface area contributed by atoms with Crippen molar-refractivity contribution in [3.05, 3.63) is 34.7 Å². The van der Waals surface area contributed by atoms with Crippen LogP contribution in [-0.2, 0) is 0 Å². The first-order valence-corrected chi connectivity index (χ1v) is 4.63. The van der Waals surface area contributed by atoms with Crippen molar-refractivity contribution in [1.82, 2.24) is 0 Å². The van der Waals surface area contributed by atoms with Gasteiger partial charge in [-0.25, -0.2) is 0 Å². The quantitative estimate of drug-likeness (QED) is 0.610. The average molecular weight is 176 g/mol. The van der Waals surface area contributed by atoms with E-state index >= 15 is 0 Å². The van der Waals surface area contributed by atoms with E-state index < -0.39 is 0 Å². The Morgan fingerprint density at radius 3 is 2.92 bits per heavy atom. The van der Waals surface area contributed by atoms with E-state index in [1.807, 2.05) is 24.4 Å². The van der Waals surface area contributed by atoms with Gasteiger partial charge in [0, 0.05) is 10.3 Å². The van der Waals surface area contributed by atoms with Crippen LogP contribution in [0.1, 0.15) is 15.9 Å². The zero-order valence-corrected chi connectivity index (χ0v) is 7.52. The van der Waals surface area contributed by atoms with Crippen LogP contribution in [0.4, 0.5) is 0 Å². The lowest BCUT2D eigenvalue weighted by Gasteiger charge is -1.98. The first-order chi connectivity index (χ1) is 5.83. The molecule has 12 heavy (non-hydrogen) atoms. The summed E-state index contributed by atoms with van der Waals surface area (Å²) in [4.78, 5) is 10.6. The molecule has 0 spiro atoms. The van der Waals surface area contributed by atoms with Crippen LogP contribution in [0, 0.1) is 6.92 Å². The van der Waals surface area contributed by atoms with Crippen molar-refractivity contribution >= 4 is 27.7 Å². The first kappa shape index (κ1) is 7.50. The molecule has 0 fully saturated rings. The van der Waals surface area contributed by atoms with Gasteiger partial charge in [-0.1, -0.05) is 12.1 Å². The van der Waals surface area contributed by atoms with Gasteiger partial charge in [-0.3, -0.25) is 4.79 Å². The zero-order valence-electron chi connectivity index (χ0n) is 6.70. The van der Waals surface area contributed by atoms with Crippen LogP contribution < -0.4 is 0 Å². The lowest BCUT2D eigenvalue weighted by Crippen LogP contribution is -1.84. The predicted molar refractivity (Wildman–Crippen MR) is 51.9 cm³/mol. The van der Waals surface area contributed by atoms with Gasteiger partial charge in [0.1, 0.15) is 6.29 Å². The van der Waals surface area contributed by atoms with Crippen LogP contribution in [0.15, 0.2) is 23.6 Å². The highest BCUT2D eigenvalue weighted by atomic mass is 32.1. The molecule has 0 bridgehead atoms. The van der Waals surface area contributed by atoms with Gasteiger partial charge in [-0.15, -0.1) is 11.3 Å². The Morgan fingerprint density at radius 1 is 1.33 bits per heavy atom. The molecule has 0 saturated heterocycles. The standard InChI is InChI=1S/C10H8OS/c1-7-9(6-11)3-2-8-4-5-12-10(7)8/h2-6H,1H3. The molecule has 0 N–H and O–H groups in total. The molecular weight excluding hydrogens is 168 g/mol. The van der Waals surface area contributed by atoms with Gasteiger partial charge in [-0.2, -0.15) is 0 Å². The third-order valence-corrected chi connectivity index (χ3v) is 3.09. The topological polar surface area (TPSA) is 17.1 Å². The van der Waals surface area contributed by atoms with Crippen LogP contribution in [0.25, 0.3) is 10.1 Å². The maximum absolute atomic E-state index is 10.6. The summed E-state index contributed by atoms with van der Waals surface area (Å²) in [6.45, 7) is 1.99. The fourth-order valence-corrected chi connectivity index (χ4v) is 2.24. The summed E-state index contributed by atoms with van der Waals surface area (Å²) in [7, 11) is 0. The number of carbonyl (C=O) groups is 1. The molecule has 1 nitrogen and oxygen atoms in total. The van der Waals surface area contributed by atoms with Gasteiger partial charge in [0.05, 0.1) is 0 Å². The Bertz CT molecular complexity index is 428. The van der Waals surface area contributed by atoms with E-state index in [0.717, 1.165) is 17.4 Å². The molecule has 1 aromatic heterocycles. The lowest BCUT2D eigenvalue weighted by atomic mass is 10.1. The summed E-state index contributed by atoms with van der Waals surface area (Å²) in [5.41, 5.74) is 1.89. The minimum Gasteiger partial charge on any atom is -0.298 e. The van der Waals surface area contributed by atoms with E-state index in [1.165, 1.54) is 10.1 Å². The van der Waals surface area contributed by atoms with E-state index in [4.69, 9.17) is 0 Å². The normalized spacial score (nSPS) is 10.4. The molecule has 1 heterocycles. The van der Waals surface area contributed by atoms with Crippen molar-refractivity contribution in [3.8, 4) is 0 Å². The number of aryl methyl sites for hydroxylation is 1. The Hall–Kier alpha value is -1.15. The van der Waals surface area contributed by atoms with Gasteiger partial charge in [0.2, 0.25) is 0 Å². The number of aldehydes is 1. The van der Waals surface area contributed by atoms with Crippen molar-refractivity contribution in [2.24, 2.45) is 0 Å². The van der Waals surface area contributed by atoms with Crippen LogP contribution in [0.2, 0.25) is 0 Å². The Balaban J connectivity index is 2.86. The number of benzene rings is 1. The molecule has 2 aromatic rings. The third kappa shape index (κ3) is 0.959. The summed E-state index contributed by atoms with van der Waals surface area (Å²) in [6.07, 6.45) is 0.911. The zero-order chi connectivity index (χ0) is 8.55. The van der Waals surface area contributed by atoms with Crippen molar-refractivity contribution in [2.45, 2.75) is 6.92 Å². The van der Waals surface area contributed by atoms with Crippen LogP contribution in [0.5, 0.6) is 0 Å². The maximum Gasteiger partial charge on any atom is 0.150 e. The highest BCUT2D eigenvalue weighted by Crippen LogP contribution is 2.25. The van der Waals surface area contributed by atoms with E-state index in [0.29, 0.717) is 0 Å². The molecule has 0 aliphatic heterocycles. The lowest BCUT2D eigenvalue weighted by molar-refractivity contribution is 0.112. The minimum atomic E-state index is 0.796. The first-order valence-electron chi connectivity index (χ1n) is 3.75. The van der Waals surface area contributed by atoms with E-state index in [9.17, 15) is 4.79 Å². The number of fused-ring (bicyclic) bond motifs is 1. The number of rotatable bonds is 1. The summed E-state index contributed by atoms with van der Waals surface area (Å²) in [5.74, 6) is 0. The van der Waals surface area contributed by atoms with Gasteiger partial charge in [0.25, 0.3) is 0 Å². The molecule has 1 aromatic carbocycles. The molecule has 0 saturated carbocycles. The van der Waals surface area contributed by atoms with Crippen molar-refractivity contribution in [3.63, 3.8) is 0 Å². The van der Waals surface area contributed by atoms with Crippen LogP contribution in [-0.4, -0.2) is 6.29 Å². The van der Waals surface area contributed by atoms with Gasteiger partial charge >= 0.3 is 0 Å². The van der Waals surface area contributed by atoms with Crippen molar-refractivity contribution in [1.29, 1.82) is 0 Å². The van der Waals surface area contributed by atoms with Crippen molar-refractivity contribution < 1.29 is 4.79 Å². The Kier molecular flexibility index (Phi) is 1.70. The molecular formula is C10H8OS. The number of hydrogen-bond acceptors (Lipinski definition) is 2. The fraction of sp³-hybridized carbons (Fsp3) is 0.100. The monoisotopic (exact) mass is 176 g/mol. The second-order valence-electron chi connectivity index (χ2n) is 2.74. The van der Waals surface area contributed by atoms with Gasteiger partial charge in [0.15, 0.2) is 0 Å². The summed E-state index contributed by atoms with van der Waals surface area (Å²) < 4.78 is 1.22. The van der Waals surface area contributed by atoms with Crippen LogP contribution >= 0.6 is 11.3 Å². The second kappa shape index (κ2) is 2.72. The highest BCUT2D eigenvalue weighted by Gasteiger charge is 2.02. The van der Waals surface area contributed by atoms with E-state index in [1.54, 1.807) is 11.3 Å². The molecule has 2 rings (SSSR count). The molecule has 0 aliphatic carbocycles. The molecule has 0 atom stereocenters. The molecule has 0 aliphatic rings. The Morgan fingerprint density at radius 2 is 2.17 bits per heavy atom. The molecule has 2 heteroatoms. The smallest absolute Gasteiger partial charge is 0.150 e. The number of carbonyl (C=O) groups excluding carboxylic acids is 1. The number of hydrogen-bond donors (Lipinski definition) is 0. The Labute approximate surface area is 74.6 Å². The van der Waals surface area contributed by atoms with Crippen molar-refractivity contribution in [2.75, 3.05) is 0 Å². The molecule has 0 radical (unpaired) electrons. The van der Waals surface area contributed by atoms with E-state index in [-0.39, 0.29) is 0 Å². The highest BCUT2D eigenvalue weighted by molar-refractivity contribution is 7.17. The predicted octanol–water partition coefficient (Wildman–Crippen LogP) is 3.02. The van der Waals surface area contributed by atoms with E-state index in [2.05, 4.69) is 6.07 Å². The minimum absolute atomic E-state index is 0.796. The molecule has 0 amide bonds.